The van der Waals surface area contributed by atoms with Gasteiger partial charge in [0, 0.05) is 37.1 Å². The molecular weight excluding hydrogens is 460 g/mol. The smallest absolute Gasteiger partial charge is 0.180 e. The average Bonchev–Trinajstić information content (AvgIpc) is 3.14. The van der Waals surface area contributed by atoms with Crippen LogP contribution in [0.4, 0.5) is 0 Å². The molecule has 34 heavy (non-hydrogen) atoms. The lowest BCUT2D eigenvalue weighted by atomic mass is 9.62. The molecule has 0 radical (unpaired) electrons. The van der Waals surface area contributed by atoms with Gasteiger partial charge in [0.25, 0.3) is 0 Å². The molecule has 1 aliphatic carbocycles. The van der Waals surface area contributed by atoms with Crippen LogP contribution in [0.5, 0.6) is 23.0 Å². The Morgan fingerprint density at radius 1 is 1.15 bits per heavy atom. The zero-order valence-corrected chi connectivity index (χ0v) is 20.6. The van der Waals surface area contributed by atoms with Crippen molar-refractivity contribution in [3.8, 4) is 23.0 Å². The van der Waals surface area contributed by atoms with Gasteiger partial charge in [0.15, 0.2) is 11.5 Å². The van der Waals surface area contributed by atoms with E-state index in [1.54, 1.807) is 13.2 Å². The molecule has 8 nitrogen and oxygen atoms in total. The number of carbonyl (C=O) groups excluding carboxylic acids is 1. The molecule has 6 atom stereocenters. The molecule has 0 amide bonds. The van der Waals surface area contributed by atoms with Crippen molar-refractivity contribution in [2.45, 2.75) is 37.1 Å². The fourth-order valence-electron chi connectivity index (χ4n) is 6.14. The van der Waals surface area contributed by atoms with Crippen LogP contribution in [0.15, 0.2) is 30.3 Å². The Bertz CT molecular complexity index is 1140. The van der Waals surface area contributed by atoms with E-state index >= 15 is 0 Å². The van der Waals surface area contributed by atoms with Crippen LogP contribution in [-0.2, 0) is 0 Å². The zero-order valence-electron chi connectivity index (χ0n) is 19.8. The second-order valence-electron chi connectivity index (χ2n) is 9.36. The summed E-state index contributed by atoms with van der Waals surface area (Å²) >= 11 is 6.56. The zero-order chi connectivity index (χ0) is 24.4. The van der Waals surface area contributed by atoms with Crippen LogP contribution in [0.2, 0.25) is 5.02 Å². The molecule has 6 unspecified atom stereocenters. The van der Waals surface area contributed by atoms with E-state index in [-0.39, 0.29) is 40.1 Å². The van der Waals surface area contributed by atoms with Crippen molar-refractivity contribution in [2.75, 3.05) is 28.4 Å². The number of aliphatic hydroxyl groups excluding tert-OH is 1. The summed E-state index contributed by atoms with van der Waals surface area (Å²) in [7, 11) is 6.54. The highest BCUT2D eigenvalue weighted by Crippen LogP contribution is 2.56. The molecule has 2 N–H and O–H groups in total. The average molecular weight is 489 g/mol. The number of ether oxygens (including phenoxy) is 4. The lowest BCUT2D eigenvalue weighted by Gasteiger charge is -2.51. The number of methoxy groups -OCH3 is 3. The maximum atomic E-state index is 14.0. The predicted molar refractivity (Wildman–Crippen MR) is 126 cm³/mol. The Hall–Kier alpha value is -2.52. The van der Waals surface area contributed by atoms with Gasteiger partial charge in [-0.25, -0.2) is 5.01 Å². The van der Waals surface area contributed by atoms with Gasteiger partial charge >= 0.3 is 0 Å². The number of rotatable bonds is 4. The summed E-state index contributed by atoms with van der Waals surface area (Å²) in [6.45, 7) is 1.86. The van der Waals surface area contributed by atoms with Gasteiger partial charge in [-0.2, -0.15) is 0 Å². The van der Waals surface area contributed by atoms with E-state index in [0.717, 1.165) is 11.3 Å². The fraction of sp³-hybridized carbons (Fsp3) is 0.480. The van der Waals surface area contributed by atoms with Gasteiger partial charge in [0.2, 0.25) is 0 Å². The second kappa shape index (κ2) is 8.30. The third kappa shape index (κ3) is 3.20. The number of ketones is 1. The highest BCUT2D eigenvalue weighted by molar-refractivity contribution is 6.34. The quantitative estimate of drug-likeness (QED) is 0.678. The van der Waals surface area contributed by atoms with Crippen molar-refractivity contribution in [3.05, 3.63) is 46.5 Å². The Labute approximate surface area is 203 Å². The van der Waals surface area contributed by atoms with Crippen molar-refractivity contribution in [2.24, 2.45) is 11.8 Å². The van der Waals surface area contributed by atoms with Gasteiger partial charge in [-0.15, -0.1) is 0 Å². The highest BCUT2D eigenvalue weighted by Gasteiger charge is 2.62. The van der Waals surface area contributed by atoms with Gasteiger partial charge in [-0.05, 0) is 13.0 Å². The van der Waals surface area contributed by atoms with Crippen molar-refractivity contribution in [3.63, 3.8) is 0 Å². The minimum atomic E-state index is -0.984. The molecule has 9 heteroatoms. The van der Waals surface area contributed by atoms with Crippen molar-refractivity contribution in [1.82, 2.24) is 10.4 Å². The molecule has 2 fully saturated rings. The Balaban J connectivity index is 1.61. The van der Waals surface area contributed by atoms with Gasteiger partial charge in [-0.1, -0.05) is 29.8 Å². The lowest BCUT2D eigenvalue weighted by Crippen LogP contribution is -2.63. The highest BCUT2D eigenvalue weighted by atomic mass is 35.5. The number of hydrogen-bond donors (Lipinski definition) is 2. The summed E-state index contributed by atoms with van der Waals surface area (Å²) in [6, 6.07) is 9.01. The van der Waals surface area contributed by atoms with E-state index in [1.807, 2.05) is 43.2 Å². The van der Waals surface area contributed by atoms with Crippen LogP contribution in [0.1, 0.15) is 35.3 Å². The number of halogens is 1. The summed E-state index contributed by atoms with van der Waals surface area (Å²) < 4.78 is 22.9. The maximum absolute atomic E-state index is 14.0. The van der Waals surface area contributed by atoms with E-state index in [0.29, 0.717) is 17.9 Å². The lowest BCUT2D eigenvalue weighted by molar-refractivity contribution is -0.0981. The normalized spacial score (nSPS) is 32.3. The molecule has 0 bridgehead atoms. The first-order valence-electron chi connectivity index (χ1n) is 11.2. The number of nitrogens with one attached hydrogen (secondary N) is 1. The van der Waals surface area contributed by atoms with Gasteiger partial charge in [0.1, 0.15) is 33.4 Å². The number of Topliss-reactive ketones (excluding diaryl/α,β-unsaturated/α-hetero) is 1. The van der Waals surface area contributed by atoms with Gasteiger partial charge in [-0.3, -0.25) is 10.2 Å². The SMILES string of the molecule is COc1ccccc1C1C2C(CC3(C)Oc4c(Cl)c(OC)cc(OC)c4C(=O)C3C2O)NN1C. The van der Waals surface area contributed by atoms with Crippen LogP contribution in [0, 0.1) is 11.8 Å². The van der Waals surface area contributed by atoms with Gasteiger partial charge < -0.3 is 24.1 Å². The number of nitrogens with zero attached hydrogens (tertiary/aromatic N) is 1. The number of para-hydroxylation sites is 1. The predicted octanol–water partition coefficient (Wildman–Crippen LogP) is 3.26. The van der Waals surface area contributed by atoms with E-state index in [1.165, 1.54) is 14.2 Å². The second-order valence-corrected chi connectivity index (χ2v) is 9.74. The summed E-state index contributed by atoms with van der Waals surface area (Å²) in [5.74, 6) is 0.318. The monoisotopic (exact) mass is 488 g/mol. The molecular formula is C25H29ClN2O6. The molecule has 1 saturated carbocycles. The number of carbonyl (C=O) groups is 1. The molecule has 182 valence electrons. The van der Waals surface area contributed by atoms with E-state index in [9.17, 15) is 9.90 Å². The first kappa shape index (κ1) is 23.2. The molecule has 2 heterocycles. The van der Waals surface area contributed by atoms with Crippen molar-refractivity contribution in [1.29, 1.82) is 0 Å². The fourth-order valence-corrected chi connectivity index (χ4v) is 6.40. The van der Waals surface area contributed by atoms with Gasteiger partial charge in [0.05, 0.1) is 39.4 Å². The summed E-state index contributed by atoms with van der Waals surface area (Å²) in [4.78, 5) is 14.0. The molecule has 2 aromatic rings. The topological polar surface area (TPSA) is 89.5 Å². The molecule has 1 saturated heterocycles. The van der Waals surface area contributed by atoms with E-state index < -0.39 is 17.6 Å². The van der Waals surface area contributed by atoms with Crippen LogP contribution in [-0.4, -0.2) is 62.0 Å². The Kier molecular flexibility index (Phi) is 5.67. The maximum Gasteiger partial charge on any atom is 0.180 e. The van der Waals surface area contributed by atoms with Crippen molar-refractivity contribution >= 4 is 17.4 Å². The molecule has 5 rings (SSSR count). The number of aliphatic hydroxyl groups is 1. The van der Waals surface area contributed by atoms with Crippen LogP contribution in [0.25, 0.3) is 0 Å². The Morgan fingerprint density at radius 3 is 2.50 bits per heavy atom. The largest absolute Gasteiger partial charge is 0.496 e. The molecule has 2 aliphatic heterocycles. The van der Waals surface area contributed by atoms with Crippen LogP contribution < -0.4 is 24.4 Å². The summed E-state index contributed by atoms with van der Waals surface area (Å²) in [5.41, 5.74) is 3.70. The number of hydrogen-bond acceptors (Lipinski definition) is 8. The number of benzene rings is 2. The first-order chi connectivity index (χ1) is 16.3. The minimum Gasteiger partial charge on any atom is -0.496 e. The van der Waals surface area contributed by atoms with E-state index in [2.05, 4.69) is 5.43 Å². The number of hydrazine groups is 1. The third-order valence-corrected chi connectivity index (χ3v) is 7.91. The van der Waals surface area contributed by atoms with Crippen LogP contribution in [0.3, 0.4) is 0 Å². The molecule has 3 aliphatic rings. The minimum absolute atomic E-state index is 0.128. The van der Waals surface area contributed by atoms with E-state index in [4.69, 9.17) is 30.5 Å². The molecule has 0 aromatic heterocycles. The summed E-state index contributed by atoms with van der Waals surface area (Å²) in [6.07, 6.45) is -0.487. The number of fused-ring (bicyclic) bond motifs is 3. The van der Waals surface area contributed by atoms with Crippen LogP contribution >= 0.6 is 11.6 Å². The standard InChI is InChI=1S/C25H29ClN2O6/c1-25-11-13-17(21(28(2)27-13)12-8-6-7-9-14(12)31-3)22(29)19(25)23(30)18-15(32-4)10-16(33-5)20(26)24(18)34-25/h6-10,13,17,19,21-22,27,29H,11H2,1-5H3. The molecule has 2 aromatic carbocycles. The van der Waals surface area contributed by atoms with Crippen molar-refractivity contribution < 1.29 is 28.8 Å². The molecule has 0 spiro atoms. The summed E-state index contributed by atoms with van der Waals surface area (Å²) in [5, 5.41) is 14.0. The third-order valence-electron chi connectivity index (χ3n) is 7.55. The Morgan fingerprint density at radius 2 is 1.82 bits per heavy atom. The first-order valence-corrected chi connectivity index (χ1v) is 11.6.